The van der Waals surface area contributed by atoms with Gasteiger partial charge in [-0.15, -0.1) is 12.4 Å². The van der Waals surface area contributed by atoms with E-state index in [1.807, 2.05) is 4.90 Å². The molecule has 0 radical (unpaired) electrons. The second-order valence-corrected chi connectivity index (χ2v) is 4.57. The Balaban J connectivity index is 0.00000162. The first-order valence-electron chi connectivity index (χ1n) is 5.87. The number of carbonyl (C=O) groups excluding carboxylic acids is 1. The number of benzene rings is 1. The number of amides is 1. The van der Waals surface area contributed by atoms with Crippen molar-refractivity contribution in [1.29, 1.82) is 0 Å². The molecule has 1 aliphatic heterocycles. The Bertz CT molecular complexity index is 439. The summed E-state index contributed by atoms with van der Waals surface area (Å²) in [6.45, 7) is 5.95. The Morgan fingerprint density at radius 3 is 2.83 bits per heavy atom. The summed E-state index contributed by atoms with van der Waals surface area (Å²) in [5.74, 6) is -0.281. The van der Waals surface area contributed by atoms with Crippen LogP contribution in [0.2, 0.25) is 0 Å². The molecule has 0 bridgehead atoms. The van der Waals surface area contributed by atoms with Gasteiger partial charge in [0.1, 0.15) is 5.82 Å². The largest absolute Gasteiger partial charge is 0.336 e. The zero-order valence-electron chi connectivity index (χ0n) is 10.6. The second kappa shape index (κ2) is 6.16. The van der Waals surface area contributed by atoms with Crippen LogP contribution in [0.3, 0.4) is 0 Å². The molecule has 1 fully saturated rings. The summed E-state index contributed by atoms with van der Waals surface area (Å²) < 4.78 is 13.1. The Morgan fingerprint density at radius 2 is 2.22 bits per heavy atom. The fourth-order valence-corrected chi connectivity index (χ4v) is 2.08. The van der Waals surface area contributed by atoms with Crippen LogP contribution in [0.25, 0.3) is 0 Å². The standard InChI is InChI=1S/C13H17FN2O.ClH/c1-9-7-11(3-4-12(9)14)13(17)16-6-5-15-10(2)8-16;/h3-4,7,10,15H,5-6,8H2,1-2H3;1H. The molecule has 18 heavy (non-hydrogen) atoms. The molecule has 1 N–H and O–H groups in total. The zero-order valence-corrected chi connectivity index (χ0v) is 11.4. The van der Waals surface area contributed by atoms with Gasteiger partial charge in [-0.3, -0.25) is 4.79 Å². The number of nitrogens with one attached hydrogen (secondary N) is 1. The van der Waals surface area contributed by atoms with E-state index in [1.165, 1.54) is 6.07 Å². The minimum Gasteiger partial charge on any atom is -0.336 e. The molecular weight excluding hydrogens is 255 g/mol. The maximum Gasteiger partial charge on any atom is 0.253 e. The van der Waals surface area contributed by atoms with Crippen molar-refractivity contribution < 1.29 is 9.18 Å². The average Bonchev–Trinajstić information content (AvgIpc) is 2.32. The number of piperazine rings is 1. The highest BCUT2D eigenvalue weighted by molar-refractivity contribution is 5.94. The molecule has 1 aliphatic rings. The topological polar surface area (TPSA) is 32.3 Å². The summed E-state index contributed by atoms with van der Waals surface area (Å²) in [4.78, 5) is 14.0. The molecule has 3 nitrogen and oxygen atoms in total. The third-order valence-corrected chi connectivity index (χ3v) is 3.06. The van der Waals surface area contributed by atoms with Crippen molar-refractivity contribution in [1.82, 2.24) is 10.2 Å². The molecule has 0 saturated carbocycles. The Hall–Kier alpha value is -1.13. The van der Waals surface area contributed by atoms with E-state index < -0.39 is 0 Å². The monoisotopic (exact) mass is 272 g/mol. The number of hydrogen-bond donors (Lipinski definition) is 1. The van der Waals surface area contributed by atoms with Crippen LogP contribution in [-0.2, 0) is 0 Å². The molecule has 1 heterocycles. The maximum atomic E-state index is 13.1. The van der Waals surface area contributed by atoms with Crippen LogP contribution in [0.5, 0.6) is 0 Å². The minimum atomic E-state index is -0.268. The van der Waals surface area contributed by atoms with E-state index in [0.29, 0.717) is 30.3 Å². The minimum absolute atomic E-state index is 0. The van der Waals surface area contributed by atoms with Gasteiger partial charge in [0.05, 0.1) is 0 Å². The van der Waals surface area contributed by atoms with E-state index in [-0.39, 0.29) is 24.1 Å². The van der Waals surface area contributed by atoms with Gasteiger partial charge in [0.25, 0.3) is 5.91 Å². The van der Waals surface area contributed by atoms with Crippen LogP contribution in [0.15, 0.2) is 18.2 Å². The molecule has 0 aliphatic carbocycles. The molecule has 1 aromatic carbocycles. The number of halogens is 2. The second-order valence-electron chi connectivity index (χ2n) is 4.57. The summed E-state index contributed by atoms with van der Waals surface area (Å²) in [7, 11) is 0. The van der Waals surface area contributed by atoms with Crippen molar-refractivity contribution >= 4 is 18.3 Å². The molecule has 0 spiro atoms. The highest BCUT2D eigenvalue weighted by Crippen LogP contribution is 2.12. The number of carbonyl (C=O) groups is 1. The van der Waals surface area contributed by atoms with Crippen molar-refractivity contribution in [3.63, 3.8) is 0 Å². The van der Waals surface area contributed by atoms with Gasteiger partial charge >= 0.3 is 0 Å². The van der Waals surface area contributed by atoms with Crippen LogP contribution in [0, 0.1) is 12.7 Å². The molecule has 0 aromatic heterocycles. The van der Waals surface area contributed by atoms with E-state index in [2.05, 4.69) is 12.2 Å². The third-order valence-electron chi connectivity index (χ3n) is 3.06. The van der Waals surface area contributed by atoms with Crippen LogP contribution in [0.4, 0.5) is 4.39 Å². The lowest BCUT2D eigenvalue weighted by atomic mass is 10.1. The molecule has 1 atom stereocenters. The summed E-state index contributed by atoms with van der Waals surface area (Å²) in [5.41, 5.74) is 1.08. The van der Waals surface area contributed by atoms with Gasteiger partial charge in [0, 0.05) is 31.2 Å². The van der Waals surface area contributed by atoms with Crippen molar-refractivity contribution in [3.8, 4) is 0 Å². The molecule has 100 valence electrons. The number of aryl methyl sites for hydroxylation is 1. The third kappa shape index (κ3) is 3.21. The Kier molecular flexibility index (Phi) is 5.11. The van der Waals surface area contributed by atoms with E-state index in [4.69, 9.17) is 0 Å². The first-order valence-corrected chi connectivity index (χ1v) is 5.87. The number of hydrogen-bond acceptors (Lipinski definition) is 2. The summed E-state index contributed by atoms with van der Waals surface area (Å²) in [6.07, 6.45) is 0. The quantitative estimate of drug-likeness (QED) is 0.848. The lowest BCUT2D eigenvalue weighted by Crippen LogP contribution is -2.51. The van der Waals surface area contributed by atoms with Gasteiger partial charge < -0.3 is 10.2 Å². The van der Waals surface area contributed by atoms with Crippen molar-refractivity contribution in [2.24, 2.45) is 0 Å². The summed E-state index contributed by atoms with van der Waals surface area (Å²) in [6, 6.07) is 4.84. The first-order chi connectivity index (χ1) is 8.08. The van der Waals surface area contributed by atoms with Gasteiger partial charge in [-0.05, 0) is 37.6 Å². The summed E-state index contributed by atoms with van der Waals surface area (Å²) in [5, 5.41) is 3.28. The van der Waals surface area contributed by atoms with Gasteiger partial charge in [-0.25, -0.2) is 4.39 Å². The zero-order chi connectivity index (χ0) is 12.4. The lowest BCUT2D eigenvalue weighted by molar-refractivity contribution is 0.0709. The molecule has 1 unspecified atom stereocenters. The number of rotatable bonds is 1. The number of nitrogens with zero attached hydrogens (tertiary/aromatic N) is 1. The molecule has 1 aromatic rings. The van der Waals surface area contributed by atoms with E-state index in [1.54, 1.807) is 19.1 Å². The smallest absolute Gasteiger partial charge is 0.253 e. The van der Waals surface area contributed by atoms with Gasteiger partial charge in [-0.2, -0.15) is 0 Å². The van der Waals surface area contributed by atoms with E-state index >= 15 is 0 Å². The SMILES string of the molecule is Cc1cc(C(=O)N2CCNC(C)C2)ccc1F.Cl. The predicted molar refractivity (Wildman–Crippen MR) is 71.8 cm³/mol. The van der Waals surface area contributed by atoms with Gasteiger partial charge in [-0.1, -0.05) is 0 Å². The van der Waals surface area contributed by atoms with Crippen LogP contribution < -0.4 is 5.32 Å². The molecule has 1 saturated heterocycles. The maximum absolute atomic E-state index is 13.1. The highest BCUT2D eigenvalue weighted by atomic mass is 35.5. The first kappa shape index (κ1) is 14.9. The van der Waals surface area contributed by atoms with Crippen molar-refractivity contribution in [3.05, 3.63) is 35.1 Å². The fraction of sp³-hybridized carbons (Fsp3) is 0.462. The summed E-state index contributed by atoms with van der Waals surface area (Å²) >= 11 is 0. The van der Waals surface area contributed by atoms with Gasteiger partial charge in [0.2, 0.25) is 0 Å². The van der Waals surface area contributed by atoms with Crippen LogP contribution >= 0.6 is 12.4 Å². The van der Waals surface area contributed by atoms with Crippen molar-refractivity contribution in [2.45, 2.75) is 19.9 Å². The molecular formula is C13H18ClFN2O. The van der Waals surface area contributed by atoms with E-state index in [9.17, 15) is 9.18 Å². The molecule has 1 amide bonds. The Morgan fingerprint density at radius 1 is 1.50 bits per heavy atom. The fourth-order valence-electron chi connectivity index (χ4n) is 2.08. The molecule has 5 heteroatoms. The Labute approximate surface area is 113 Å². The lowest BCUT2D eigenvalue weighted by Gasteiger charge is -2.32. The predicted octanol–water partition coefficient (Wildman–Crippen LogP) is 1.99. The normalized spacial score (nSPS) is 19.3. The highest BCUT2D eigenvalue weighted by Gasteiger charge is 2.21. The van der Waals surface area contributed by atoms with Gasteiger partial charge in [0.15, 0.2) is 0 Å². The van der Waals surface area contributed by atoms with Crippen molar-refractivity contribution in [2.75, 3.05) is 19.6 Å². The van der Waals surface area contributed by atoms with Crippen LogP contribution in [0.1, 0.15) is 22.8 Å². The molecule has 2 rings (SSSR count). The van der Waals surface area contributed by atoms with Crippen LogP contribution in [-0.4, -0.2) is 36.5 Å². The average molecular weight is 273 g/mol. The van der Waals surface area contributed by atoms with E-state index in [0.717, 1.165) is 6.54 Å².